The Kier molecular flexibility index (Phi) is 2.37. The Hall–Kier alpha value is -1.91. The summed E-state index contributed by atoms with van der Waals surface area (Å²) in [5.74, 6) is 0.707. The second-order valence-corrected chi connectivity index (χ2v) is 3.32. The monoisotopic (exact) mass is 206 g/mol. The van der Waals surface area contributed by atoms with Crippen LogP contribution in [-0.4, -0.2) is 14.8 Å². The molecule has 78 valence electrons. The molecule has 0 saturated heterocycles. The van der Waals surface area contributed by atoms with Crippen LogP contribution in [0, 0.1) is 5.82 Å². The number of nitrogens with two attached hydrogens (primary N) is 1. The first kappa shape index (κ1) is 9.64. The van der Waals surface area contributed by atoms with Crippen molar-refractivity contribution in [2.45, 2.75) is 6.42 Å². The predicted octanol–water partition coefficient (Wildman–Crippen LogP) is 1.13. The van der Waals surface area contributed by atoms with E-state index in [2.05, 4.69) is 10.1 Å². The topological polar surface area (TPSA) is 56.7 Å². The molecule has 0 saturated carbocycles. The average Bonchev–Trinajstić information content (AvgIpc) is 2.45. The van der Waals surface area contributed by atoms with Gasteiger partial charge in [-0.3, -0.25) is 0 Å². The normalized spacial score (nSPS) is 10.5. The van der Waals surface area contributed by atoms with Crippen molar-refractivity contribution in [3.63, 3.8) is 0 Å². The van der Waals surface area contributed by atoms with Crippen LogP contribution in [0.15, 0.2) is 24.3 Å². The second kappa shape index (κ2) is 3.68. The van der Waals surface area contributed by atoms with Crippen LogP contribution < -0.4 is 5.73 Å². The smallest absolute Gasteiger partial charge is 0.218 e. The highest BCUT2D eigenvalue weighted by atomic mass is 19.1. The standard InChI is InChI=1S/C10H11FN4/c1-15-10(12)13-9(14-15)6-7-3-2-4-8(11)5-7/h2-5H,6H2,1H3,(H2,12,13,14). The molecule has 0 aliphatic heterocycles. The third-order valence-electron chi connectivity index (χ3n) is 2.09. The number of aromatic nitrogens is 3. The van der Waals surface area contributed by atoms with Crippen molar-refractivity contribution in [3.8, 4) is 0 Å². The maximum absolute atomic E-state index is 12.9. The van der Waals surface area contributed by atoms with Crippen LogP contribution in [-0.2, 0) is 13.5 Å². The largest absolute Gasteiger partial charge is 0.368 e. The van der Waals surface area contributed by atoms with Crippen molar-refractivity contribution in [1.82, 2.24) is 14.8 Å². The van der Waals surface area contributed by atoms with Crippen LogP contribution in [0.5, 0.6) is 0 Å². The summed E-state index contributed by atoms with van der Waals surface area (Å²) in [7, 11) is 1.72. The Balaban J connectivity index is 2.22. The van der Waals surface area contributed by atoms with E-state index >= 15 is 0 Å². The zero-order chi connectivity index (χ0) is 10.8. The van der Waals surface area contributed by atoms with Gasteiger partial charge in [0.1, 0.15) is 5.82 Å². The van der Waals surface area contributed by atoms with E-state index in [1.54, 1.807) is 13.1 Å². The third-order valence-corrected chi connectivity index (χ3v) is 2.09. The summed E-state index contributed by atoms with van der Waals surface area (Å²) in [5.41, 5.74) is 6.37. The van der Waals surface area contributed by atoms with Gasteiger partial charge in [-0.1, -0.05) is 12.1 Å². The number of nitrogens with zero attached hydrogens (tertiary/aromatic N) is 3. The Morgan fingerprint density at radius 3 is 2.87 bits per heavy atom. The highest BCUT2D eigenvalue weighted by molar-refractivity contribution is 5.22. The van der Waals surface area contributed by atoms with Crippen LogP contribution in [0.1, 0.15) is 11.4 Å². The molecule has 2 N–H and O–H groups in total. The molecule has 1 heterocycles. The number of anilines is 1. The quantitative estimate of drug-likeness (QED) is 0.801. The van der Waals surface area contributed by atoms with E-state index in [0.29, 0.717) is 18.2 Å². The lowest BCUT2D eigenvalue weighted by Crippen LogP contribution is -1.97. The van der Waals surface area contributed by atoms with E-state index < -0.39 is 0 Å². The molecule has 0 fully saturated rings. The van der Waals surface area contributed by atoms with Crippen molar-refractivity contribution in [2.75, 3.05) is 5.73 Å². The lowest BCUT2D eigenvalue weighted by molar-refractivity contribution is 0.625. The van der Waals surface area contributed by atoms with E-state index in [0.717, 1.165) is 5.56 Å². The first-order valence-electron chi connectivity index (χ1n) is 4.55. The lowest BCUT2D eigenvalue weighted by atomic mass is 10.1. The van der Waals surface area contributed by atoms with Crippen LogP contribution in [0.25, 0.3) is 0 Å². The Morgan fingerprint density at radius 2 is 2.27 bits per heavy atom. The zero-order valence-electron chi connectivity index (χ0n) is 8.31. The molecular weight excluding hydrogens is 195 g/mol. The summed E-state index contributed by atoms with van der Waals surface area (Å²) in [6.45, 7) is 0. The maximum Gasteiger partial charge on any atom is 0.218 e. The Bertz CT molecular complexity index is 459. The van der Waals surface area contributed by atoms with Gasteiger partial charge in [0.2, 0.25) is 5.95 Å². The lowest BCUT2D eigenvalue weighted by Gasteiger charge is -1.96. The summed E-state index contributed by atoms with van der Waals surface area (Å²) < 4.78 is 14.4. The molecular formula is C10H11FN4. The first-order valence-corrected chi connectivity index (χ1v) is 4.55. The number of benzene rings is 1. The molecule has 1 aromatic heterocycles. The minimum atomic E-state index is -0.253. The van der Waals surface area contributed by atoms with E-state index in [4.69, 9.17) is 5.73 Å². The van der Waals surface area contributed by atoms with Gasteiger partial charge in [-0.05, 0) is 17.7 Å². The average molecular weight is 206 g/mol. The predicted molar refractivity (Wildman–Crippen MR) is 54.6 cm³/mol. The Morgan fingerprint density at radius 1 is 1.47 bits per heavy atom. The number of nitrogen functional groups attached to an aromatic ring is 1. The summed E-state index contributed by atoms with van der Waals surface area (Å²) >= 11 is 0. The van der Waals surface area contributed by atoms with Crippen molar-refractivity contribution >= 4 is 5.95 Å². The molecule has 0 aliphatic carbocycles. The molecule has 0 unspecified atom stereocenters. The molecule has 0 radical (unpaired) electrons. The van der Waals surface area contributed by atoms with E-state index in [-0.39, 0.29) is 5.82 Å². The van der Waals surface area contributed by atoms with Crippen LogP contribution in [0.4, 0.5) is 10.3 Å². The van der Waals surface area contributed by atoms with Crippen molar-refractivity contribution in [2.24, 2.45) is 7.05 Å². The number of halogens is 1. The number of rotatable bonds is 2. The van der Waals surface area contributed by atoms with Gasteiger partial charge in [0.15, 0.2) is 5.82 Å². The van der Waals surface area contributed by atoms with Crippen LogP contribution >= 0.6 is 0 Å². The number of hydrogen-bond donors (Lipinski definition) is 1. The first-order chi connectivity index (χ1) is 7.15. The highest BCUT2D eigenvalue weighted by Gasteiger charge is 2.05. The number of hydrogen-bond acceptors (Lipinski definition) is 3. The molecule has 0 atom stereocenters. The molecule has 0 spiro atoms. The molecule has 15 heavy (non-hydrogen) atoms. The van der Waals surface area contributed by atoms with Crippen LogP contribution in [0.2, 0.25) is 0 Å². The Labute approximate surface area is 86.6 Å². The fourth-order valence-corrected chi connectivity index (χ4v) is 1.36. The molecule has 0 bridgehead atoms. The summed E-state index contributed by atoms with van der Waals surface area (Å²) in [6, 6.07) is 6.36. The third kappa shape index (κ3) is 2.12. The molecule has 2 aromatic rings. The van der Waals surface area contributed by atoms with E-state index in [1.807, 2.05) is 6.07 Å². The zero-order valence-corrected chi connectivity index (χ0v) is 8.31. The van der Waals surface area contributed by atoms with E-state index in [1.165, 1.54) is 16.8 Å². The second-order valence-electron chi connectivity index (χ2n) is 3.32. The van der Waals surface area contributed by atoms with Gasteiger partial charge >= 0.3 is 0 Å². The van der Waals surface area contributed by atoms with Gasteiger partial charge in [0, 0.05) is 13.5 Å². The van der Waals surface area contributed by atoms with Gasteiger partial charge in [-0.2, -0.15) is 10.1 Å². The molecule has 0 aliphatic rings. The van der Waals surface area contributed by atoms with Crippen LogP contribution in [0.3, 0.4) is 0 Å². The van der Waals surface area contributed by atoms with Crippen molar-refractivity contribution in [3.05, 3.63) is 41.5 Å². The fraction of sp³-hybridized carbons (Fsp3) is 0.200. The van der Waals surface area contributed by atoms with Crippen molar-refractivity contribution in [1.29, 1.82) is 0 Å². The summed E-state index contributed by atoms with van der Waals surface area (Å²) in [4.78, 5) is 4.04. The SMILES string of the molecule is Cn1nc(Cc2cccc(F)c2)nc1N. The molecule has 0 amide bonds. The van der Waals surface area contributed by atoms with Gasteiger partial charge in [-0.25, -0.2) is 9.07 Å². The molecule has 4 nitrogen and oxygen atoms in total. The highest BCUT2D eigenvalue weighted by Crippen LogP contribution is 2.08. The molecule has 5 heteroatoms. The van der Waals surface area contributed by atoms with Gasteiger partial charge in [-0.15, -0.1) is 0 Å². The summed E-state index contributed by atoms with van der Waals surface area (Å²) in [6.07, 6.45) is 0.489. The molecule has 1 aromatic carbocycles. The van der Waals surface area contributed by atoms with Gasteiger partial charge < -0.3 is 5.73 Å². The fourth-order valence-electron chi connectivity index (χ4n) is 1.36. The number of aryl methyl sites for hydroxylation is 1. The minimum absolute atomic E-state index is 0.253. The molecule has 2 rings (SSSR count). The van der Waals surface area contributed by atoms with Gasteiger partial charge in [0.25, 0.3) is 0 Å². The van der Waals surface area contributed by atoms with Gasteiger partial charge in [0.05, 0.1) is 0 Å². The summed E-state index contributed by atoms with van der Waals surface area (Å²) in [5, 5.41) is 4.09. The van der Waals surface area contributed by atoms with E-state index in [9.17, 15) is 4.39 Å². The minimum Gasteiger partial charge on any atom is -0.368 e. The van der Waals surface area contributed by atoms with Crippen molar-refractivity contribution < 1.29 is 4.39 Å². The maximum atomic E-state index is 12.9.